The number of carbonyl (C=O) groups excluding carboxylic acids is 1. The maximum Gasteiger partial charge on any atom is 0.242 e. The molecule has 0 radical (unpaired) electrons. The van der Waals surface area contributed by atoms with Crippen molar-refractivity contribution in [2.75, 3.05) is 17.6 Å². The van der Waals surface area contributed by atoms with Gasteiger partial charge < -0.3 is 10.4 Å². The minimum atomic E-state index is -3.89. The molecule has 3 N–H and O–H groups in total. The summed E-state index contributed by atoms with van der Waals surface area (Å²) in [5.74, 6) is -1.04. The average molecular weight is 447 g/mol. The Kier molecular flexibility index (Phi) is 7.05. The number of hydrogen-bond acceptors (Lipinski definition) is 6. The third-order valence-corrected chi connectivity index (χ3v) is 7.44. The lowest BCUT2D eigenvalue weighted by molar-refractivity contribution is -0.116. The number of hydrogen-bond donors (Lipinski definition) is 3. The van der Waals surface area contributed by atoms with Crippen molar-refractivity contribution in [1.82, 2.24) is 4.72 Å². The Hall–Kier alpha value is -2.14. The van der Waals surface area contributed by atoms with Crippen LogP contribution < -0.4 is 10.0 Å². The third-order valence-electron chi connectivity index (χ3n) is 3.75. The van der Waals surface area contributed by atoms with E-state index in [1.165, 1.54) is 31.2 Å². The zero-order chi connectivity index (χ0) is 20.9. The van der Waals surface area contributed by atoms with Crippen LogP contribution in [0.3, 0.4) is 0 Å². The number of halogens is 1. The fraction of sp³-hybridized carbons (Fsp3) is 0.235. The highest BCUT2D eigenvalue weighted by atomic mass is 35.5. The normalized spacial score (nSPS) is 11.9. The van der Waals surface area contributed by atoms with Crippen molar-refractivity contribution >= 4 is 43.1 Å². The molecular formula is C17H19ClN2O6S2. The molecule has 0 aliphatic heterocycles. The molecule has 0 aliphatic rings. The molecule has 0 saturated heterocycles. The van der Waals surface area contributed by atoms with Crippen molar-refractivity contribution < 1.29 is 26.7 Å². The van der Waals surface area contributed by atoms with E-state index >= 15 is 0 Å². The number of sulfonamides is 1. The van der Waals surface area contributed by atoms with E-state index in [2.05, 4.69) is 10.0 Å². The minimum absolute atomic E-state index is 0.0393. The number of aromatic hydroxyl groups is 1. The van der Waals surface area contributed by atoms with E-state index in [0.717, 1.165) is 12.1 Å². The van der Waals surface area contributed by atoms with Gasteiger partial charge in [-0.05, 0) is 30.3 Å². The standard InChI is InChI=1S/C17H19ClN2O6S2/c1-2-27(23,24)12-7-8-15(21)14(11-12)20-17(22)9-10-19-28(25,26)16-6-4-3-5-13(16)18/h3-8,11,19,21H,2,9-10H2,1H3,(H,20,22). The van der Waals surface area contributed by atoms with Crippen LogP contribution in [-0.2, 0) is 24.7 Å². The molecule has 2 aromatic carbocycles. The molecule has 8 nitrogen and oxygen atoms in total. The van der Waals surface area contributed by atoms with Crippen molar-refractivity contribution in [1.29, 1.82) is 0 Å². The molecule has 0 saturated carbocycles. The van der Waals surface area contributed by atoms with E-state index in [0.29, 0.717) is 0 Å². The Bertz CT molecular complexity index is 1080. The van der Waals surface area contributed by atoms with Gasteiger partial charge in [-0.25, -0.2) is 21.6 Å². The van der Waals surface area contributed by atoms with E-state index in [-0.39, 0.29) is 45.0 Å². The van der Waals surface area contributed by atoms with E-state index in [4.69, 9.17) is 11.6 Å². The molecule has 2 rings (SSSR count). The smallest absolute Gasteiger partial charge is 0.242 e. The van der Waals surface area contributed by atoms with Gasteiger partial charge in [-0.2, -0.15) is 0 Å². The molecule has 0 heterocycles. The summed E-state index contributed by atoms with van der Waals surface area (Å²) >= 11 is 5.86. The van der Waals surface area contributed by atoms with Gasteiger partial charge in [0.15, 0.2) is 9.84 Å². The van der Waals surface area contributed by atoms with Crippen molar-refractivity contribution in [2.45, 2.75) is 23.1 Å². The molecule has 0 spiro atoms. The molecule has 1 amide bonds. The molecule has 0 aromatic heterocycles. The molecule has 0 atom stereocenters. The van der Waals surface area contributed by atoms with E-state index < -0.39 is 25.8 Å². The van der Waals surface area contributed by atoms with Gasteiger partial charge in [-0.15, -0.1) is 0 Å². The monoisotopic (exact) mass is 446 g/mol. The molecule has 11 heteroatoms. The molecule has 0 unspecified atom stereocenters. The van der Waals surface area contributed by atoms with Crippen LogP contribution in [0.2, 0.25) is 5.02 Å². The quantitative estimate of drug-likeness (QED) is 0.532. The molecule has 0 bridgehead atoms. The van der Waals surface area contributed by atoms with Gasteiger partial charge in [0.2, 0.25) is 15.9 Å². The van der Waals surface area contributed by atoms with Crippen molar-refractivity contribution in [2.24, 2.45) is 0 Å². The van der Waals surface area contributed by atoms with Crippen molar-refractivity contribution in [3.63, 3.8) is 0 Å². The van der Waals surface area contributed by atoms with Gasteiger partial charge in [0, 0.05) is 13.0 Å². The van der Waals surface area contributed by atoms with Gasteiger partial charge in [0.1, 0.15) is 10.6 Å². The van der Waals surface area contributed by atoms with Crippen LogP contribution in [-0.4, -0.2) is 40.1 Å². The number of amides is 1. The first kappa shape index (κ1) is 22.2. The SMILES string of the molecule is CCS(=O)(=O)c1ccc(O)c(NC(=O)CCNS(=O)(=O)c2ccccc2Cl)c1. The summed E-state index contributed by atoms with van der Waals surface area (Å²) in [4.78, 5) is 11.9. The number of phenols is 1. The van der Waals surface area contributed by atoms with Gasteiger partial charge in [-0.1, -0.05) is 30.7 Å². The van der Waals surface area contributed by atoms with Crippen LogP contribution in [0.15, 0.2) is 52.3 Å². The third kappa shape index (κ3) is 5.44. The van der Waals surface area contributed by atoms with Crippen LogP contribution in [0.1, 0.15) is 13.3 Å². The summed E-state index contributed by atoms with van der Waals surface area (Å²) in [7, 11) is -7.40. The zero-order valence-electron chi connectivity index (χ0n) is 14.8. The summed E-state index contributed by atoms with van der Waals surface area (Å²) in [5, 5.41) is 12.2. The molecule has 2 aromatic rings. The Morgan fingerprint density at radius 1 is 1.11 bits per heavy atom. The predicted octanol–water partition coefficient (Wildman–Crippen LogP) is 2.15. The van der Waals surface area contributed by atoms with Gasteiger partial charge in [0.25, 0.3) is 0 Å². The largest absolute Gasteiger partial charge is 0.506 e. The number of sulfone groups is 1. The zero-order valence-corrected chi connectivity index (χ0v) is 17.2. The number of rotatable bonds is 8. The molecule has 152 valence electrons. The molecule has 28 heavy (non-hydrogen) atoms. The second-order valence-corrected chi connectivity index (χ2v) is 10.1. The lowest BCUT2D eigenvalue weighted by atomic mass is 10.3. The van der Waals surface area contributed by atoms with Crippen LogP contribution >= 0.6 is 11.6 Å². The van der Waals surface area contributed by atoms with Crippen LogP contribution in [0.4, 0.5) is 5.69 Å². The fourth-order valence-corrected chi connectivity index (χ4v) is 4.68. The second-order valence-electron chi connectivity index (χ2n) is 5.71. The highest BCUT2D eigenvalue weighted by Crippen LogP contribution is 2.27. The Morgan fingerprint density at radius 3 is 2.43 bits per heavy atom. The van der Waals surface area contributed by atoms with Crippen molar-refractivity contribution in [3.05, 3.63) is 47.5 Å². The maximum atomic E-state index is 12.2. The summed E-state index contributed by atoms with van der Waals surface area (Å²) in [6.07, 6.45) is -0.242. The highest BCUT2D eigenvalue weighted by molar-refractivity contribution is 7.91. The van der Waals surface area contributed by atoms with Crippen LogP contribution in [0.5, 0.6) is 5.75 Å². The molecule has 0 aliphatic carbocycles. The fourth-order valence-electron chi connectivity index (χ4n) is 2.23. The van der Waals surface area contributed by atoms with Gasteiger partial charge in [-0.3, -0.25) is 4.79 Å². The number of nitrogens with one attached hydrogen (secondary N) is 2. The van der Waals surface area contributed by atoms with Gasteiger partial charge in [0.05, 0.1) is 21.4 Å². The lowest BCUT2D eigenvalue weighted by Crippen LogP contribution is -2.28. The Morgan fingerprint density at radius 2 is 1.79 bits per heavy atom. The van der Waals surface area contributed by atoms with Gasteiger partial charge >= 0.3 is 0 Å². The summed E-state index contributed by atoms with van der Waals surface area (Å²) in [5.41, 5.74) is -0.0755. The summed E-state index contributed by atoms with van der Waals surface area (Å²) in [6.45, 7) is 1.26. The summed E-state index contributed by atoms with van der Waals surface area (Å²) in [6, 6.07) is 9.44. The molecular weight excluding hydrogens is 428 g/mol. The first-order valence-corrected chi connectivity index (χ1v) is 11.7. The number of anilines is 1. The first-order valence-electron chi connectivity index (χ1n) is 8.16. The van der Waals surface area contributed by atoms with Crippen LogP contribution in [0, 0.1) is 0 Å². The van der Waals surface area contributed by atoms with E-state index in [1.807, 2.05) is 0 Å². The second kappa shape index (κ2) is 8.91. The van der Waals surface area contributed by atoms with Crippen LogP contribution in [0.25, 0.3) is 0 Å². The van der Waals surface area contributed by atoms with E-state index in [1.54, 1.807) is 6.07 Å². The Labute approximate surface area is 168 Å². The lowest BCUT2D eigenvalue weighted by Gasteiger charge is -2.11. The Balaban J connectivity index is 2.02. The van der Waals surface area contributed by atoms with E-state index in [9.17, 15) is 26.7 Å². The summed E-state index contributed by atoms with van der Waals surface area (Å²) < 4.78 is 50.5. The predicted molar refractivity (Wildman–Crippen MR) is 106 cm³/mol. The number of carbonyl (C=O) groups is 1. The number of phenolic OH excluding ortho intramolecular Hbond substituents is 1. The first-order chi connectivity index (χ1) is 13.1. The average Bonchev–Trinajstić information content (AvgIpc) is 2.63. The topological polar surface area (TPSA) is 130 Å². The van der Waals surface area contributed by atoms with Crippen molar-refractivity contribution in [3.8, 4) is 5.75 Å². The minimum Gasteiger partial charge on any atom is -0.506 e. The maximum absolute atomic E-state index is 12.2. The highest BCUT2D eigenvalue weighted by Gasteiger charge is 2.18. The number of benzene rings is 2. The molecule has 0 fully saturated rings.